The number of fused-ring (bicyclic) bond motifs is 2. The molecule has 0 saturated carbocycles. The van der Waals surface area contributed by atoms with E-state index in [4.69, 9.17) is 9.31 Å². The Morgan fingerprint density at radius 2 is 1.22 bits per heavy atom. The van der Waals surface area contributed by atoms with Crippen molar-refractivity contribution in [2.75, 3.05) is 27.2 Å². The molecular formula is C28H37BN2O5. The monoisotopic (exact) mass is 492 g/mol. The van der Waals surface area contributed by atoms with Crippen LogP contribution in [-0.4, -0.2) is 72.2 Å². The number of benzene rings is 2. The number of phenolic OH excluding ortho intramolecular Hbond substituents is 1. The quantitative estimate of drug-likeness (QED) is 0.619. The number of likely N-dealkylation sites (N-methyl/N-ethyl adjacent to an activating group) is 2. The molecule has 0 bridgehead atoms. The Hall–Kier alpha value is -2.84. The summed E-state index contributed by atoms with van der Waals surface area (Å²) in [6.45, 7) is 13.5. The van der Waals surface area contributed by atoms with Crippen LogP contribution in [-0.2, 0) is 22.2 Å². The van der Waals surface area contributed by atoms with Crippen LogP contribution in [0.2, 0.25) is 0 Å². The number of phenols is 1. The van der Waals surface area contributed by atoms with Gasteiger partial charge in [-0.15, -0.1) is 0 Å². The maximum atomic E-state index is 12.4. The molecule has 1 fully saturated rings. The zero-order valence-corrected chi connectivity index (χ0v) is 22.7. The molecule has 192 valence electrons. The van der Waals surface area contributed by atoms with Crippen molar-refractivity contribution in [3.8, 4) is 5.75 Å². The van der Waals surface area contributed by atoms with Crippen LogP contribution in [0.3, 0.4) is 0 Å². The van der Waals surface area contributed by atoms with Gasteiger partial charge in [-0.2, -0.15) is 0 Å². The predicted octanol–water partition coefficient (Wildman–Crippen LogP) is 3.25. The summed E-state index contributed by atoms with van der Waals surface area (Å²) in [6, 6.07) is 7.62. The molecule has 1 saturated heterocycles. The third-order valence-corrected chi connectivity index (χ3v) is 7.86. The first-order chi connectivity index (χ1) is 16.7. The minimum atomic E-state index is -0.408. The lowest BCUT2D eigenvalue weighted by Gasteiger charge is -2.32. The Morgan fingerprint density at radius 1 is 0.778 bits per heavy atom. The Morgan fingerprint density at radius 3 is 1.75 bits per heavy atom. The normalized spacial score (nSPS) is 20.1. The summed E-state index contributed by atoms with van der Waals surface area (Å²) in [6.07, 6.45) is 1.58. The fourth-order valence-corrected chi connectivity index (χ4v) is 4.92. The zero-order chi connectivity index (χ0) is 26.6. The van der Waals surface area contributed by atoms with Gasteiger partial charge in [0.05, 0.1) is 11.2 Å². The van der Waals surface area contributed by atoms with E-state index in [2.05, 4.69) is 6.07 Å². The highest BCUT2D eigenvalue weighted by Gasteiger charge is 2.52. The summed E-state index contributed by atoms with van der Waals surface area (Å²) >= 11 is 0. The van der Waals surface area contributed by atoms with Gasteiger partial charge in [-0.05, 0) is 89.2 Å². The second-order valence-corrected chi connectivity index (χ2v) is 11.2. The van der Waals surface area contributed by atoms with Gasteiger partial charge in [0, 0.05) is 43.9 Å². The zero-order valence-electron chi connectivity index (χ0n) is 22.7. The molecule has 2 aromatic carbocycles. The Bertz CT molecular complexity index is 1210. The van der Waals surface area contributed by atoms with Gasteiger partial charge >= 0.3 is 7.12 Å². The minimum absolute atomic E-state index is 0.00486. The number of carbonyl (C=O) groups excluding carboxylic acids is 2. The van der Waals surface area contributed by atoms with Crippen molar-refractivity contribution in [2.45, 2.75) is 65.6 Å². The average Bonchev–Trinajstić information content (AvgIpc) is 3.00. The number of hydrogen-bond acceptors (Lipinski definition) is 5. The van der Waals surface area contributed by atoms with E-state index in [1.165, 1.54) is 0 Å². The van der Waals surface area contributed by atoms with Gasteiger partial charge in [-0.25, -0.2) is 0 Å². The fraction of sp³-hybridized carbons (Fsp3) is 0.500. The molecule has 8 heteroatoms. The summed E-state index contributed by atoms with van der Waals surface area (Å²) in [5.41, 5.74) is 5.56. The van der Waals surface area contributed by atoms with Crippen LogP contribution in [0.1, 0.15) is 70.7 Å². The molecular weight excluding hydrogens is 455 g/mol. The van der Waals surface area contributed by atoms with E-state index < -0.39 is 7.12 Å². The number of nitrogens with zero attached hydrogens (tertiary/aromatic N) is 2. The number of aryl methyl sites for hydroxylation is 2. The van der Waals surface area contributed by atoms with Crippen molar-refractivity contribution in [3.63, 3.8) is 0 Å². The highest BCUT2D eigenvalue weighted by atomic mass is 16.7. The van der Waals surface area contributed by atoms with Gasteiger partial charge in [-0.1, -0.05) is 11.6 Å². The first-order valence-corrected chi connectivity index (χ1v) is 12.5. The summed E-state index contributed by atoms with van der Waals surface area (Å²) in [7, 11) is 3.22. The molecule has 3 heterocycles. The van der Waals surface area contributed by atoms with Crippen LogP contribution in [0, 0.1) is 13.8 Å². The van der Waals surface area contributed by atoms with Crippen LogP contribution in [0.15, 0.2) is 24.3 Å². The standard InChI is InChI=1S/C17H24BNO3.C11H13NO2/c1-11-9-13-12(7-8-19(6)15(13)20)14(10-11)18-21-16(2,3)17(4,5)22-18;1-7-5-9-8(10(13)6-7)3-4-12(2)11(9)14/h9-10H,7-8H2,1-6H3;5-6,13H,3-4H2,1-2H3. The van der Waals surface area contributed by atoms with Crippen molar-refractivity contribution in [1.82, 2.24) is 9.80 Å². The molecule has 3 aliphatic rings. The molecule has 0 spiro atoms. The summed E-state index contributed by atoms with van der Waals surface area (Å²) in [5, 5.41) is 9.67. The van der Waals surface area contributed by atoms with Crippen LogP contribution < -0.4 is 5.46 Å². The molecule has 0 unspecified atom stereocenters. The minimum Gasteiger partial charge on any atom is -0.508 e. The maximum absolute atomic E-state index is 12.4. The molecule has 0 atom stereocenters. The van der Waals surface area contributed by atoms with Crippen LogP contribution in [0.4, 0.5) is 0 Å². The fourth-order valence-electron chi connectivity index (χ4n) is 4.92. The third-order valence-electron chi connectivity index (χ3n) is 7.86. The smallest absolute Gasteiger partial charge is 0.495 e. The maximum Gasteiger partial charge on any atom is 0.495 e. The van der Waals surface area contributed by atoms with Crippen LogP contribution in [0.5, 0.6) is 5.75 Å². The second-order valence-electron chi connectivity index (χ2n) is 11.2. The number of rotatable bonds is 1. The molecule has 0 aromatic heterocycles. The Labute approximate surface area is 214 Å². The number of amides is 2. The first kappa shape index (κ1) is 26.2. The lowest BCUT2D eigenvalue weighted by Crippen LogP contribution is -2.43. The molecule has 1 N–H and O–H groups in total. The van der Waals surface area contributed by atoms with E-state index in [1.54, 1.807) is 22.9 Å². The van der Waals surface area contributed by atoms with Crippen LogP contribution in [0.25, 0.3) is 0 Å². The average molecular weight is 492 g/mol. The van der Waals surface area contributed by atoms with Gasteiger partial charge in [0.25, 0.3) is 11.8 Å². The van der Waals surface area contributed by atoms with Crippen molar-refractivity contribution in [1.29, 1.82) is 0 Å². The van der Waals surface area contributed by atoms with Crippen molar-refractivity contribution >= 4 is 24.4 Å². The Balaban J connectivity index is 0.000000187. The summed E-state index contributed by atoms with van der Waals surface area (Å²) in [5.74, 6) is 0.342. The topological polar surface area (TPSA) is 79.3 Å². The second kappa shape index (κ2) is 9.23. The SMILES string of the molecule is Cc1cc(B2OC(C)(C)C(C)(C)O2)c2c(c1)C(=O)N(C)CC2.Cc1cc(O)c2c(c1)C(=O)N(C)CC2. The number of aromatic hydroxyl groups is 1. The molecule has 7 nitrogen and oxygen atoms in total. The van der Waals surface area contributed by atoms with E-state index in [0.717, 1.165) is 52.7 Å². The molecule has 3 aliphatic heterocycles. The van der Waals surface area contributed by atoms with Gasteiger partial charge in [-0.3, -0.25) is 9.59 Å². The molecule has 0 aliphatic carbocycles. The lowest BCUT2D eigenvalue weighted by atomic mass is 9.72. The van der Waals surface area contributed by atoms with Gasteiger partial charge in [0.1, 0.15) is 5.75 Å². The molecule has 0 radical (unpaired) electrons. The molecule has 2 amide bonds. The first-order valence-electron chi connectivity index (χ1n) is 12.5. The van der Waals surface area contributed by atoms with Gasteiger partial charge in [0.15, 0.2) is 0 Å². The van der Waals surface area contributed by atoms with Crippen molar-refractivity contribution < 1.29 is 24.0 Å². The van der Waals surface area contributed by atoms with E-state index >= 15 is 0 Å². The van der Waals surface area contributed by atoms with Gasteiger partial charge < -0.3 is 24.2 Å². The molecule has 2 aromatic rings. The van der Waals surface area contributed by atoms with Crippen LogP contribution >= 0.6 is 0 Å². The number of carbonyl (C=O) groups is 2. The number of hydrogen-bond donors (Lipinski definition) is 1. The lowest BCUT2D eigenvalue weighted by molar-refractivity contribution is 0.00578. The van der Waals surface area contributed by atoms with E-state index in [-0.39, 0.29) is 28.8 Å². The van der Waals surface area contributed by atoms with E-state index in [1.807, 2.05) is 60.7 Å². The summed E-state index contributed by atoms with van der Waals surface area (Å²) in [4.78, 5) is 27.6. The highest BCUT2D eigenvalue weighted by Crippen LogP contribution is 2.37. The Kier molecular flexibility index (Phi) is 6.73. The van der Waals surface area contributed by atoms with Crippen molar-refractivity contribution in [3.05, 3.63) is 57.6 Å². The third kappa shape index (κ3) is 4.64. The molecule has 5 rings (SSSR count). The predicted molar refractivity (Wildman–Crippen MR) is 141 cm³/mol. The summed E-state index contributed by atoms with van der Waals surface area (Å²) < 4.78 is 12.4. The van der Waals surface area contributed by atoms with Crippen molar-refractivity contribution in [2.24, 2.45) is 0 Å². The van der Waals surface area contributed by atoms with E-state index in [9.17, 15) is 14.7 Å². The molecule has 36 heavy (non-hydrogen) atoms. The largest absolute Gasteiger partial charge is 0.508 e. The van der Waals surface area contributed by atoms with Gasteiger partial charge in [0.2, 0.25) is 0 Å². The highest BCUT2D eigenvalue weighted by molar-refractivity contribution is 6.63. The van der Waals surface area contributed by atoms with E-state index in [0.29, 0.717) is 12.1 Å².